The zero-order chi connectivity index (χ0) is 16.1. The molecule has 2 heterocycles. The van der Waals surface area contributed by atoms with E-state index in [4.69, 9.17) is 18.6 Å². The first kappa shape index (κ1) is 15.9. The Balaban J connectivity index is 1.40. The Labute approximate surface area is 135 Å². The second-order valence-corrected chi connectivity index (χ2v) is 5.63. The molecule has 0 saturated heterocycles. The molecule has 0 saturated carbocycles. The van der Waals surface area contributed by atoms with Gasteiger partial charge in [-0.3, -0.25) is 4.90 Å². The van der Waals surface area contributed by atoms with Gasteiger partial charge in [-0.1, -0.05) is 6.07 Å². The largest absolute Gasteiger partial charge is 0.467 e. The molecular formula is C17H21NO5. The Morgan fingerprint density at radius 2 is 2.13 bits per heavy atom. The van der Waals surface area contributed by atoms with Crippen LogP contribution in [0.15, 0.2) is 41.0 Å². The van der Waals surface area contributed by atoms with Crippen molar-refractivity contribution in [3.63, 3.8) is 0 Å². The van der Waals surface area contributed by atoms with Crippen molar-refractivity contribution < 1.29 is 23.7 Å². The lowest BCUT2D eigenvalue weighted by Crippen LogP contribution is -2.31. The van der Waals surface area contributed by atoms with Gasteiger partial charge >= 0.3 is 0 Å². The van der Waals surface area contributed by atoms with Gasteiger partial charge in [-0.15, -0.1) is 0 Å². The number of benzene rings is 1. The zero-order valence-electron chi connectivity index (χ0n) is 13.1. The maximum atomic E-state index is 10.0. The number of ether oxygens (including phenoxy) is 3. The third-order valence-electron chi connectivity index (χ3n) is 3.55. The lowest BCUT2D eigenvalue weighted by molar-refractivity contribution is 0.00768. The minimum Gasteiger partial charge on any atom is -0.467 e. The Morgan fingerprint density at radius 1 is 1.26 bits per heavy atom. The summed E-state index contributed by atoms with van der Waals surface area (Å²) < 4.78 is 21.3. The van der Waals surface area contributed by atoms with E-state index in [1.165, 1.54) is 0 Å². The van der Waals surface area contributed by atoms with E-state index in [9.17, 15) is 5.11 Å². The lowest BCUT2D eigenvalue weighted by Gasteiger charge is -2.20. The Hall–Kier alpha value is -2.02. The van der Waals surface area contributed by atoms with Crippen molar-refractivity contribution in [3.05, 3.63) is 47.9 Å². The van der Waals surface area contributed by atoms with Crippen LogP contribution < -0.4 is 9.47 Å². The van der Waals surface area contributed by atoms with E-state index in [-0.39, 0.29) is 13.4 Å². The summed E-state index contributed by atoms with van der Waals surface area (Å²) in [5.41, 5.74) is 1.11. The lowest BCUT2D eigenvalue weighted by atomic mass is 10.2. The Bertz CT molecular complexity index is 613. The van der Waals surface area contributed by atoms with Gasteiger partial charge in [0.15, 0.2) is 11.5 Å². The monoisotopic (exact) mass is 319 g/mol. The molecule has 0 unspecified atom stereocenters. The number of fused-ring (bicyclic) bond motifs is 1. The van der Waals surface area contributed by atoms with Crippen molar-refractivity contribution in [1.29, 1.82) is 0 Å². The van der Waals surface area contributed by atoms with E-state index >= 15 is 0 Å². The summed E-state index contributed by atoms with van der Waals surface area (Å²) in [4.78, 5) is 2.04. The normalized spacial score (nSPS) is 14.4. The summed E-state index contributed by atoms with van der Waals surface area (Å²) in [6.07, 6.45) is 1.05. The molecule has 0 aliphatic carbocycles. The van der Waals surface area contributed by atoms with Gasteiger partial charge in [0.05, 0.1) is 19.0 Å². The first-order chi connectivity index (χ1) is 11.2. The van der Waals surface area contributed by atoms with Gasteiger partial charge in [0.25, 0.3) is 0 Å². The quantitative estimate of drug-likeness (QED) is 0.803. The van der Waals surface area contributed by atoms with Crippen molar-refractivity contribution in [2.45, 2.75) is 19.3 Å². The van der Waals surface area contributed by atoms with Crippen LogP contribution in [0.3, 0.4) is 0 Å². The molecule has 0 fully saturated rings. The zero-order valence-corrected chi connectivity index (χ0v) is 13.1. The Morgan fingerprint density at radius 3 is 2.96 bits per heavy atom. The molecule has 1 atom stereocenters. The van der Waals surface area contributed by atoms with Crippen molar-refractivity contribution in [2.24, 2.45) is 0 Å². The van der Waals surface area contributed by atoms with E-state index in [0.717, 1.165) is 22.8 Å². The van der Waals surface area contributed by atoms with Crippen molar-refractivity contribution >= 4 is 0 Å². The molecule has 0 spiro atoms. The predicted molar refractivity (Wildman–Crippen MR) is 83.3 cm³/mol. The van der Waals surface area contributed by atoms with Gasteiger partial charge in [0, 0.05) is 13.1 Å². The number of hydrogen-bond donors (Lipinski definition) is 1. The molecule has 124 valence electrons. The van der Waals surface area contributed by atoms with Gasteiger partial charge in [-0.2, -0.15) is 0 Å². The summed E-state index contributed by atoms with van der Waals surface area (Å²) >= 11 is 0. The molecule has 6 nitrogen and oxygen atoms in total. The first-order valence-electron chi connectivity index (χ1n) is 7.56. The summed E-state index contributed by atoms with van der Waals surface area (Å²) in [5.74, 6) is 2.31. The molecule has 0 radical (unpaired) electrons. The molecule has 1 aliphatic rings. The molecule has 1 aliphatic heterocycles. The fourth-order valence-corrected chi connectivity index (χ4v) is 2.52. The van der Waals surface area contributed by atoms with Crippen LogP contribution in [0, 0.1) is 0 Å². The van der Waals surface area contributed by atoms with Gasteiger partial charge in [0.1, 0.15) is 12.4 Å². The number of aliphatic hydroxyl groups is 1. The minimum atomic E-state index is -0.552. The van der Waals surface area contributed by atoms with Crippen LogP contribution in [0.2, 0.25) is 0 Å². The molecular weight excluding hydrogens is 298 g/mol. The average molecular weight is 319 g/mol. The van der Waals surface area contributed by atoms with Crippen molar-refractivity contribution in [1.82, 2.24) is 4.90 Å². The number of hydrogen-bond acceptors (Lipinski definition) is 6. The summed E-state index contributed by atoms with van der Waals surface area (Å²) in [5, 5.41) is 10.0. The SMILES string of the molecule is CN(Cc1ccc2c(c1)OCO2)C[C@@H](O)COCc1ccco1. The molecule has 1 aromatic heterocycles. The van der Waals surface area contributed by atoms with E-state index < -0.39 is 6.10 Å². The first-order valence-corrected chi connectivity index (χ1v) is 7.56. The number of likely N-dealkylation sites (N-methyl/N-ethyl adjacent to an activating group) is 1. The minimum absolute atomic E-state index is 0.270. The van der Waals surface area contributed by atoms with Crippen molar-refractivity contribution in [3.8, 4) is 11.5 Å². The highest BCUT2D eigenvalue weighted by Crippen LogP contribution is 2.32. The average Bonchev–Trinajstić information content (AvgIpc) is 3.17. The maximum Gasteiger partial charge on any atom is 0.231 e. The second kappa shape index (κ2) is 7.50. The highest BCUT2D eigenvalue weighted by molar-refractivity contribution is 5.44. The van der Waals surface area contributed by atoms with Gasteiger partial charge in [-0.25, -0.2) is 0 Å². The fraction of sp³-hybridized carbons (Fsp3) is 0.412. The van der Waals surface area contributed by atoms with E-state index in [2.05, 4.69) is 0 Å². The smallest absolute Gasteiger partial charge is 0.231 e. The highest BCUT2D eigenvalue weighted by Gasteiger charge is 2.15. The van der Waals surface area contributed by atoms with Crippen LogP contribution in [0.25, 0.3) is 0 Å². The third kappa shape index (κ3) is 4.48. The number of rotatable bonds is 8. The number of nitrogens with zero attached hydrogens (tertiary/aromatic N) is 1. The number of aliphatic hydroxyl groups excluding tert-OH is 1. The third-order valence-corrected chi connectivity index (χ3v) is 3.55. The summed E-state index contributed by atoms with van der Waals surface area (Å²) in [6, 6.07) is 9.54. The Kier molecular flexibility index (Phi) is 5.17. The molecule has 1 N–H and O–H groups in total. The number of furan rings is 1. The molecule has 0 amide bonds. The van der Waals surface area contributed by atoms with Crippen LogP contribution in [0.5, 0.6) is 11.5 Å². The molecule has 0 bridgehead atoms. The molecule has 3 rings (SSSR count). The molecule has 23 heavy (non-hydrogen) atoms. The second-order valence-electron chi connectivity index (χ2n) is 5.63. The standard InChI is InChI=1S/C17H21NO5/c1-18(8-13-4-5-16-17(7-13)23-12-22-16)9-14(19)10-20-11-15-3-2-6-21-15/h2-7,14,19H,8-12H2,1H3/t14-/m1/s1. The van der Waals surface area contributed by atoms with Crippen LogP contribution in [0.1, 0.15) is 11.3 Å². The maximum absolute atomic E-state index is 10.0. The predicted octanol–water partition coefficient (Wildman–Crippen LogP) is 2.02. The van der Waals surface area contributed by atoms with E-state index in [1.807, 2.05) is 42.3 Å². The van der Waals surface area contributed by atoms with E-state index in [1.54, 1.807) is 6.26 Å². The summed E-state index contributed by atoms with van der Waals surface area (Å²) in [6.45, 7) is 2.15. The highest BCUT2D eigenvalue weighted by atomic mass is 16.7. The van der Waals surface area contributed by atoms with Crippen molar-refractivity contribution in [2.75, 3.05) is 27.0 Å². The van der Waals surface area contributed by atoms with Crippen LogP contribution in [-0.2, 0) is 17.9 Å². The van der Waals surface area contributed by atoms with Gasteiger partial charge in [0.2, 0.25) is 6.79 Å². The molecule has 1 aromatic carbocycles. The van der Waals surface area contributed by atoms with Crippen LogP contribution in [0.4, 0.5) is 0 Å². The molecule has 2 aromatic rings. The summed E-state index contributed by atoms with van der Waals surface area (Å²) in [7, 11) is 1.96. The van der Waals surface area contributed by atoms with Gasteiger partial charge in [-0.05, 0) is 36.9 Å². The topological polar surface area (TPSA) is 64.3 Å². The van der Waals surface area contributed by atoms with Crippen LogP contribution in [-0.4, -0.2) is 43.1 Å². The molecule has 6 heteroatoms. The van der Waals surface area contributed by atoms with E-state index in [0.29, 0.717) is 19.7 Å². The fourth-order valence-electron chi connectivity index (χ4n) is 2.52. The van der Waals surface area contributed by atoms with Crippen LogP contribution >= 0.6 is 0 Å². The van der Waals surface area contributed by atoms with Gasteiger partial charge < -0.3 is 23.7 Å².